The topological polar surface area (TPSA) is 59.4 Å². The van der Waals surface area contributed by atoms with Crippen molar-refractivity contribution >= 4 is 28.6 Å². The second kappa shape index (κ2) is 9.09. The lowest BCUT2D eigenvalue weighted by molar-refractivity contribution is -0.274. The minimum Gasteiger partial charge on any atom is -0.406 e. The SMILES string of the molecule is C[C@@H]1CC(n2c(Nc3ccc(OC(F)(F)F)cc3)nc3cc(C(=O)N(C)C)ccc32)CC(C)(C)C1. The van der Waals surface area contributed by atoms with Gasteiger partial charge < -0.3 is 19.5 Å². The van der Waals surface area contributed by atoms with Crippen LogP contribution in [0.15, 0.2) is 42.5 Å². The molecule has 0 aliphatic heterocycles. The molecule has 188 valence electrons. The summed E-state index contributed by atoms with van der Waals surface area (Å²) in [5.74, 6) is 0.728. The molecule has 35 heavy (non-hydrogen) atoms. The zero-order valence-corrected chi connectivity index (χ0v) is 20.6. The average Bonchev–Trinajstić information content (AvgIpc) is 3.09. The number of fused-ring (bicyclic) bond motifs is 1. The number of imidazole rings is 1. The molecule has 1 N–H and O–H groups in total. The number of hydrogen-bond donors (Lipinski definition) is 1. The first-order chi connectivity index (χ1) is 16.3. The van der Waals surface area contributed by atoms with Crippen LogP contribution in [0.3, 0.4) is 0 Å². The van der Waals surface area contributed by atoms with Crippen molar-refractivity contribution in [3.63, 3.8) is 0 Å². The molecule has 0 radical (unpaired) electrons. The molecule has 9 heteroatoms. The maximum Gasteiger partial charge on any atom is 0.573 e. The van der Waals surface area contributed by atoms with Crippen LogP contribution in [0.4, 0.5) is 24.8 Å². The quantitative estimate of drug-likeness (QED) is 0.431. The van der Waals surface area contributed by atoms with E-state index in [4.69, 9.17) is 4.98 Å². The number of aromatic nitrogens is 2. The number of benzene rings is 2. The molecule has 1 aliphatic rings. The van der Waals surface area contributed by atoms with E-state index in [0.29, 0.717) is 28.6 Å². The molecule has 1 heterocycles. The highest BCUT2D eigenvalue weighted by Gasteiger charge is 2.35. The van der Waals surface area contributed by atoms with E-state index >= 15 is 0 Å². The first-order valence-electron chi connectivity index (χ1n) is 11.7. The second-order valence-electron chi connectivity index (χ2n) is 10.5. The van der Waals surface area contributed by atoms with Gasteiger partial charge in [-0.3, -0.25) is 4.79 Å². The largest absolute Gasteiger partial charge is 0.573 e. The highest BCUT2D eigenvalue weighted by atomic mass is 19.4. The molecule has 0 spiro atoms. The van der Waals surface area contributed by atoms with Gasteiger partial charge in [0.25, 0.3) is 5.91 Å². The van der Waals surface area contributed by atoms with E-state index in [0.717, 1.165) is 24.8 Å². The highest BCUT2D eigenvalue weighted by molar-refractivity contribution is 5.97. The number of rotatable bonds is 5. The highest BCUT2D eigenvalue weighted by Crippen LogP contribution is 2.46. The van der Waals surface area contributed by atoms with Crippen LogP contribution in [-0.2, 0) is 0 Å². The number of ether oxygens (including phenoxy) is 1. The number of alkyl halides is 3. The normalized spacial score (nSPS) is 20.0. The average molecular weight is 489 g/mol. The van der Waals surface area contributed by atoms with E-state index in [1.165, 1.54) is 29.2 Å². The van der Waals surface area contributed by atoms with Gasteiger partial charge in [0.1, 0.15) is 5.75 Å². The molecule has 3 aromatic rings. The summed E-state index contributed by atoms with van der Waals surface area (Å²) in [6.07, 6.45) is -1.65. The van der Waals surface area contributed by atoms with Gasteiger partial charge >= 0.3 is 6.36 Å². The molecule has 2 atom stereocenters. The third-order valence-corrected chi connectivity index (χ3v) is 6.42. The van der Waals surface area contributed by atoms with Gasteiger partial charge in [-0.15, -0.1) is 13.2 Å². The Balaban J connectivity index is 1.74. The summed E-state index contributed by atoms with van der Waals surface area (Å²) in [7, 11) is 3.41. The Morgan fingerprint density at radius 2 is 1.83 bits per heavy atom. The van der Waals surface area contributed by atoms with Gasteiger partial charge in [-0.1, -0.05) is 20.8 Å². The van der Waals surface area contributed by atoms with E-state index < -0.39 is 6.36 Å². The van der Waals surface area contributed by atoms with E-state index in [1.807, 2.05) is 12.1 Å². The Labute approximate surface area is 203 Å². The zero-order chi connectivity index (χ0) is 25.5. The zero-order valence-electron chi connectivity index (χ0n) is 20.6. The van der Waals surface area contributed by atoms with Crippen LogP contribution >= 0.6 is 0 Å². The van der Waals surface area contributed by atoms with Crippen molar-refractivity contribution < 1.29 is 22.7 Å². The molecule has 1 saturated carbocycles. The number of halogens is 3. The van der Waals surface area contributed by atoms with E-state index in [1.54, 1.807) is 20.2 Å². The van der Waals surface area contributed by atoms with Crippen LogP contribution < -0.4 is 10.1 Å². The van der Waals surface area contributed by atoms with Gasteiger partial charge in [0.2, 0.25) is 5.95 Å². The first-order valence-corrected chi connectivity index (χ1v) is 11.7. The Kier molecular flexibility index (Phi) is 6.46. The molecular formula is C26H31F3N4O2. The van der Waals surface area contributed by atoms with Gasteiger partial charge in [0.05, 0.1) is 11.0 Å². The van der Waals surface area contributed by atoms with Gasteiger partial charge in [0.15, 0.2) is 0 Å². The summed E-state index contributed by atoms with van der Waals surface area (Å²) in [5, 5.41) is 3.28. The second-order valence-corrected chi connectivity index (χ2v) is 10.5. The van der Waals surface area contributed by atoms with Crippen molar-refractivity contribution in [2.45, 2.75) is 52.4 Å². The van der Waals surface area contributed by atoms with E-state index in [-0.39, 0.29) is 23.1 Å². The number of carbonyl (C=O) groups excluding carboxylic acids is 1. The van der Waals surface area contributed by atoms with E-state index in [2.05, 4.69) is 35.4 Å². The van der Waals surface area contributed by atoms with Crippen LogP contribution in [0, 0.1) is 11.3 Å². The summed E-state index contributed by atoms with van der Waals surface area (Å²) in [6, 6.07) is 11.3. The number of anilines is 2. The minimum atomic E-state index is -4.74. The Morgan fingerprint density at radius 3 is 2.43 bits per heavy atom. The summed E-state index contributed by atoms with van der Waals surface area (Å²) >= 11 is 0. The number of nitrogens with one attached hydrogen (secondary N) is 1. The fraction of sp³-hybridized carbons (Fsp3) is 0.462. The first kappa shape index (κ1) is 24.9. The van der Waals surface area contributed by atoms with Crippen LogP contribution in [0.2, 0.25) is 0 Å². The van der Waals surface area contributed by atoms with Gasteiger partial charge in [-0.2, -0.15) is 0 Å². The third-order valence-electron chi connectivity index (χ3n) is 6.42. The Bertz CT molecular complexity index is 1220. The molecule has 1 unspecified atom stereocenters. The fourth-order valence-electron chi connectivity index (χ4n) is 5.31. The van der Waals surface area contributed by atoms with Crippen molar-refractivity contribution in [2.75, 3.05) is 19.4 Å². The van der Waals surface area contributed by atoms with Crippen molar-refractivity contribution in [3.8, 4) is 5.75 Å². The smallest absolute Gasteiger partial charge is 0.406 e. The van der Waals surface area contributed by atoms with E-state index in [9.17, 15) is 18.0 Å². The van der Waals surface area contributed by atoms with Crippen molar-refractivity contribution in [1.29, 1.82) is 0 Å². The third kappa shape index (κ3) is 5.71. The monoisotopic (exact) mass is 488 g/mol. The molecule has 1 fully saturated rings. The van der Waals surface area contributed by atoms with Gasteiger partial charge in [-0.05, 0) is 73.1 Å². The maximum absolute atomic E-state index is 12.5. The molecule has 1 amide bonds. The molecule has 6 nitrogen and oxygen atoms in total. The lowest BCUT2D eigenvalue weighted by Gasteiger charge is -2.40. The Morgan fingerprint density at radius 1 is 1.14 bits per heavy atom. The van der Waals surface area contributed by atoms with Crippen LogP contribution in [-0.4, -0.2) is 40.8 Å². The summed E-state index contributed by atoms with van der Waals surface area (Å²) in [6.45, 7) is 6.80. The predicted octanol–water partition coefficient (Wildman–Crippen LogP) is 6.77. The molecule has 2 aromatic carbocycles. The van der Waals surface area contributed by atoms with Gasteiger partial charge in [-0.25, -0.2) is 4.98 Å². The van der Waals surface area contributed by atoms with Gasteiger partial charge in [0, 0.05) is 31.4 Å². The predicted molar refractivity (Wildman–Crippen MR) is 130 cm³/mol. The molecular weight excluding hydrogens is 457 g/mol. The van der Waals surface area contributed by atoms with Crippen molar-refractivity contribution in [3.05, 3.63) is 48.0 Å². The van der Waals surface area contributed by atoms with Crippen LogP contribution in [0.5, 0.6) is 5.75 Å². The summed E-state index contributed by atoms with van der Waals surface area (Å²) in [4.78, 5) is 18.8. The van der Waals surface area contributed by atoms with Crippen LogP contribution in [0.25, 0.3) is 11.0 Å². The number of amides is 1. The molecule has 0 saturated heterocycles. The summed E-state index contributed by atoms with van der Waals surface area (Å²) < 4.78 is 43.7. The lowest BCUT2D eigenvalue weighted by Crippen LogP contribution is -2.29. The Hall–Kier alpha value is -3.23. The summed E-state index contributed by atoms with van der Waals surface area (Å²) in [5.41, 5.74) is 2.89. The number of hydrogen-bond acceptors (Lipinski definition) is 4. The number of carbonyl (C=O) groups is 1. The molecule has 4 rings (SSSR count). The van der Waals surface area contributed by atoms with Crippen molar-refractivity contribution in [1.82, 2.24) is 14.5 Å². The minimum absolute atomic E-state index is 0.108. The number of nitrogens with zero attached hydrogens (tertiary/aromatic N) is 3. The van der Waals surface area contributed by atoms with Crippen LogP contribution in [0.1, 0.15) is 56.4 Å². The van der Waals surface area contributed by atoms with Crippen molar-refractivity contribution in [2.24, 2.45) is 11.3 Å². The maximum atomic E-state index is 12.5. The fourth-order valence-corrected chi connectivity index (χ4v) is 5.31. The standard InChI is InChI=1S/C26H31F3N4O2/c1-16-12-19(15-25(2,3)14-16)33-22-11-6-17(23(34)32(4)5)13-21(22)31-24(33)30-18-7-9-20(10-8-18)35-26(27,28)29/h6-11,13,16,19H,12,14-15H2,1-5H3,(H,30,31)/t16-,19?/m1/s1. The molecule has 1 aliphatic carbocycles. The molecule has 0 bridgehead atoms. The molecule has 1 aromatic heterocycles. The lowest BCUT2D eigenvalue weighted by atomic mass is 9.70.